The number of aromatic amines is 1. The predicted molar refractivity (Wildman–Crippen MR) is 236 cm³/mol. The Morgan fingerprint density at radius 3 is 2.44 bits per heavy atom. The Morgan fingerprint density at radius 2 is 1.67 bits per heavy atom. The molecule has 64 heavy (non-hydrogen) atoms. The van der Waals surface area contributed by atoms with Gasteiger partial charge < -0.3 is 20.1 Å². The van der Waals surface area contributed by atoms with Gasteiger partial charge in [0.15, 0.2) is 5.82 Å². The number of imide groups is 1. The van der Waals surface area contributed by atoms with Crippen molar-refractivity contribution in [1.82, 2.24) is 39.8 Å². The van der Waals surface area contributed by atoms with E-state index in [2.05, 4.69) is 40.2 Å². The number of ketones is 1. The fourth-order valence-corrected chi connectivity index (χ4v) is 9.40. The van der Waals surface area contributed by atoms with E-state index in [1.165, 1.54) is 6.20 Å². The van der Waals surface area contributed by atoms with Crippen molar-refractivity contribution in [3.63, 3.8) is 0 Å². The average Bonchev–Trinajstić information content (AvgIpc) is 3.56. The van der Waals surface area contributed by atoms with Crippen LogP contribution in [-0.4, -0.2) is 114 Å². The highest BCUT2D eigenvalue weighted by atomic mass is 32.2. The van der Waals surface area contributed by atoms with E-state index in [1.54, 1.807) is 31.6 Å². The summed E-state index contributed by atoms with van der Waals surface area (Å²) in [5.74, 6) is -3.54. The topological polar surface area (TPSA) is 215 Å². The van der Waals surface area contributed by atoms with E-state index in [0.29, 0.717) is 74.7 Å². The van der Waals surface area contributed by atoms with Gasteiger partial charge in [-0.25, -0.2) is 23.7 Å². The Hall–Kier alpha value is -6.38. The average molecular weight is 898 g/mol. The van der Waals surface area contributed by atoms with Gasteiger partial charge in [-0.3, -0.25) is 34.1 Å². The zero-order valence-corrected chi connectivity index (χ0v) is 36.0. The maximum Gasteiger partial charge on any atom is 0.299 e. The molecule has 20 heteroatoms. The Balaban J connectivity index is 0.894. The number of pyridine rings is 1. The molecule has 17 nitrogen and oxygen atoms in total. The van der Waals surface area contributed by atoms with Crippen molar-refractivity contribution in [2.75, 3.05) is 60.8 Å². The molecule has 3 amide bonds. The van der Waals surface area contributed by atoms with Gasteiger partial charge in [0.1, 0.15) is 17.5 Å². The summed E-state index contributed by atoms with van der Waals surface area (Å²) >= 11 is 0. The second kappa shape index (κ2) is 19.2. The first-order valence-corrected chi connectivity index (χ1v) is 22.9. The molecule has 3 fully saturated rings. The van der Waals surface area contributed by atoms with E-state index in [1.807, 2.05) is 38.8 Å². The summed E-state index contributed by atoms with van der Waals surface area (Å²) in [5.41, 5.74) is 1.75. The number of halogens is 2. The zero-order valence-electron chi connectivity index (χ0n) is 35.2. The Bertz CT molecular complexity index is 2660. The number of nitrogens with one attached hydrogen (secondary N) is 5. The van der Waals surface area contributed by atoms with Gasteiger partial charge in [0.25, 0.3) is 10.2 Å². The number of amides is 3. The lowest BCUT2D eigenvalue weighted by Crippen LogP contribution is -2.47. The molecule has 8 rings (SSSR count). The third-order valence-electron chi connectivity index (χ3n) is 11.8. The molecule has 2 atom stereocenters. The fourth-order valence-electron chi connectivity index (χ4n) is 8.41. The molecule has 3 aliphatic rings. The van der Waals surface area contributed by atoms with Crippen LogP contribution in [0.5, 0.6) is 0 Å². The molecule has 0 radical (unpaired) electrons. The molecule has 5 aromatic rings. The fraction of sp³-hybridized carbons (Fsp3) is 0.386. The van der Waals surface area contributed by atoms with Gasteiger partial charge in [0.05, 0.1) is 17.8 Å². The van der Waals surface area contributed by atoms with Crippen LogP contribution in [0.3, 0.4) is 0 Å². The van der Waals surface area contributed by atoms with Crippen molar-refractivity contribution in [2.24, 2.45) is 0 Å². The first-order chi connectivity index (χ1) is 30.9. The molecule has 3 aliphatic heterocycles. The van der Waals surface area contributed by atoms with Crippen LogP contribution in [0.1, 0.15) is 79.4 Å². The van der Waals surface area contributed by atoms with Crippen molar-refractivity contribution in [1.29, 1.82) is 0 Å². The lowest BCUT2D eigenvalue weighted by atomic mass is 9.95. The van der Waals surface area contributed by atoms with E-state index in [0.717, 1.165) is 55.6 Å². The number of H-pyrrole nitrogens is 1. The quantitative estimate of drug-likeness (QED) is 0.0760. The first-order valence-electron chi connectivity index (χ1n) is 21.4. The number of carbonyl (C=O) groups is 4. The number of carbonyl (C=O) groups excluding carboxylic acids is 4. The van der Waals surface area contributed by atoms with Crippen LogP contribution >= 0.6 is 0 Å². The molecule has 0 saturated carbocycles. The first kappa shape index (κ1) is 44.2. The number of anilines is 3. The van der Waals surface area contributed by atoms with Crippen molar-refractivity contribution < 1.29 is 36.4 Å². The molecule has 336 valence electrons. The van der Waals surface area contributed by atoms with Crippen molar-refractivity contribution in [2.45, 2.75) is 64.0 Å². The minimum Gasteiger partial charge on any atom is -0.374 e. The molecule has 5 N–H and O–H groups in total. The highest BCUT2D eigenvalue weighted by Crippen LogP contribution is 2.33. The third-order valence-corrected chi connectivity index (χ3v) is 12.9. The molecule has 3 aromatic heterocycles. The largest absolute Gasteiger partial charge is 0.374 e. The summed E-state index contributed by atoms with van der Waals surface area (Å²) in [6.07, 6.45) is 11.1. The van der Waals surface area contributed by atoms with Crippen LogP contribution in [0.25, 0.3) is 22.2 Å². The number of piperidine rings is 2. The molecule has 2 aromatic carbocycles. The van der Waals surface area contributed by atoms with Gasteiger partial charge in [-0.15, -0.1) is 0 Å². The van der Waals surface area contributed by atoms with Gasteiger partial charge in [-0.05, 0) is 74.5 Å². The minimum absolute atomic E-state index is 0.0640. The molecular formula is C44H49F2N11O6S. The number of hydrogen-bond donors (Lipinski definition) is 5. The van der Waals surface area contributed by atoms with Crippen LogP contribution < -0.4 is 25.0 Å². The number of rotatable bonds is 14. The maximum atomic E-state index is 15.6. The maximum absolute atomic E-state index is 15.6. The summed E-state index contributed by atoms with van der Waals surface area (Å²) in [7, 11) is -4.17. The molecule has 6 heterocycles. The molecule has 0 spiro atoms. The number of fused-ring (bicyclic) bond motifs is 1. The van der Waals surface area contributed by atoms with Crippen molar-refractivity contribution >= 4 is 62.1 Å². The predicted octanol–water partition coefficient (Wildman–Crippen LogP) is 4.67. The molecule has 3 saturated heterocycles. The standard InChI is InChI=1S/C44H49F2N11O6S/c1-2-15-51-64(62,63)54-34-12-11-33(45)39(40(34)46)41(60)32-25-48-42-31(32)21-28(22-47-42)29-23-49-44(50-24-29)56-18-5-17-55(19-20-56)38(59)26-57-16-4-3-6-36(57)27-7-9-30(10-8-27)52-35-13-14-37(58)53-43(35)61/h7-12,21-25,35-36,51-52,54H,2-6,13-20,26H2,1H3,(H,47,48)(H,53,58,61). The lowest BCUT2D eigenvalue weighted by molar-refractivity contribution is -0.134. The third kappa shape index (κ3) is 9.88. The lowest BCUT2D eigenvalue weighted by Gasteiger charge is -2.37. The second-order valence-corrected chi connectivity index (χ2v) is 17.7. The van der Waals surface area contributed by atoms with Crippen molar-refractivity contribution in [3.05, 3.63) is 95.6 Å². The van der Waals surface area contributed by atoms with E-state index in [9.17, 15) is 27.6 Å². The number of aromatic nitrogens is 4. The molecule has 2 unspecified atom stereocenters. The normalized spacial score (nSPS) is 18.7. The summed E-state index contributed by atoms with van der Waals surface area (Å²) in [4.78, 5) is 73.9. The van der Waals surface area contributed by atoms with Crippen molar-refractivity contribution in [3.8, 4) is 11.1 Å². The molecular weight excluding hydrogens is 849 g/mol. The Labute approximate surface area is 368 Å². The summed E-state index contributed by atoms with van der Waals surface area (Å²) < 4.78 is 59.6. The SMILES string of the molecule is CCCNS(=O)(=O)Nc1ccc(F)c(C(=O)c2c[nH]c3ncc(-c4cnc(N5CCCN(C(=O)CN6CCCCC6c6ccc(NC7CCC(=O)NC7=O)cc6)CC5)nc4)cc23)c1F. The summed E-state index contributed by atoms with van der Waals surface area (Å²) in [6.45, 7) is 5.23. The van der Waals surface area contributed by atoms with Crippen LogP contribution in [0.15, 0.2) is 67.3 Å². The second-order valence-electron chi connectivity index (χ2n) is 16.2. The summed E-state index contributed by atoms with van der Waals surface area (Å²) in [6, 6.07) is 11.0. The van der Waals surface area contributed by atoms with Gasteiger partial charge in [-0.2, -0.15) is 13.1 Å². The monoisotopic (exact) mass is 897 g/mol. The zero-order chi connectivity index (χ0) is 45.0. The van der Waals surface area contributed by atoms with Crippen LogP contribution in [-0.2, 0) is 24.6 Å². The highest BCUT2D eigenvalue weighted by Gasteiger charge is 2.31. The highest BCUT2D eigenvalue weighted by molar-refractivity contribution is 7.90. The van der Waals surface area contributed by atoms with E-state index < -0.39 is 44.9 Å². The number of benzene rings is 2. The smallest absolute Gasteiger partial charge is 0.299 e. The Kier molecular flexibility index (Phi) is 13.2. The minimum atomic E-state index is -4.17. The summed E-state index contributed by atoms with van der Waals surface area (Å²) in [5, 5.41) is 5.89. The molecule has 0 aliphatic carbocycles. The number of hydrogen-bond acceptors (Lipinski definition) is 12. The molecule has 0 bridgehead atoms. The van der Waals surface area contributed by atoms with Gasteiger partial charge in [0, 0.05) is 97.7 Å². The van der Waals surface area contributed by atoms with E-state index in [-0.39, 0.29) is 41.3 Å². The number of nitrogens with zero attached hydrogens (tertiary/aromatic N) is 6. The van der Waals surface area contributed by atoms with Crippen LogP contribution in [0.2, 0.25) is 0 Å². The van der Waals surface area contributed by atoms with Gasteiger partial charge in [-0.1, -0.05) is 25.5 Å². The van der Waals surface area contributed by atoms with Gasteiger partial charge in [0.2, 0.25) is 29.5 Å². The van der Waals surface area contributed by atoms with E-state index >= 15 is 8.78 Å². The Morgan fingerprint density at radius 1 is 0.891 bits per heavy atom. The van der Waals surface area contributed by atoms with Gasteiger partial charge >= 0.3 is 0 Å². The van der Waals surface area contributed by atoms with E-state index in [4.69, 9.17) is 0 Å². The van der Waals surface area contributed by atoms with Crippen LogP contribution in [0.4, 0.5) is 26.1 Å². The number of likely N-dealkylation sites (tertiary alicyclic amines) is 1. The van der Waals surface area contributed by atoms with Crippen LogP contribution in [0, 0.1) is 11.6 Å².